The Bertz CT molecular complexity index is 72.1. The number of rotatable bonds is 6. The van der Waals surface area contributed by atoms with Gasteiger partial charge in [-0.1, -0.05) is 19.8 Å². The van der Waals surface area contributed by atoms with E-state index in [0.29, 0.717) is 6.04 Å². The van der Waals surface area contributed by atoms with Gasteiger partial charge >= 0.3 is 0 Å². The quantitative estimate of drug-likeness (QED) is 0.532. The summed E-state index contributed by atoms with van der Waals surface area (Å²) in [6.45, 7) is 2.97. The lowest BCUT2D eigenvalue weighted by Gasteiger charge is -2.08. The molecule has 0 spiro atoms. The zero-order valence-electron chi connectivity index (χ0n) is 7.79. The third-order valence-corrected chi connectivity index (χ3v) is 1.69. The lowest BCUT2D eigenvalue weighted by atomic mass is 10.1. The fraction of sp³-hybridized carbons (Fsp3) is 1.00. The minimum absolute atomic E-state index is 0. The van der Waals surface area contributed by atoms with E-state index >= 15 is 0 Å². The predicted molar refractivity (Wildman–Crippen MR) is 76.6 cm³/mol. The highest BCUT2D eigenvalue weighted by Gasteiger charge is 1.98. The first kappa shape index (κ1) is 19.0. The van der Waals surface area contributed by atoms with E-state index in [1.807, 2.05) is 0 Å². The molecule has 2 nitrogen and oxygen atoms in total. The number of unbranched alkanes of at least 4 members (excludes halogenated alkanes) is 1. The van der Waals surface area contributed by atoms with Gasteiger partial charge in [0.2, 0.25) is 0 Å². The molecular formula is C8H22I2N2. The Kier molecular flexibility index (Phi) is 23.6. The first-order valence-electron chi connectivity index (χ1n) is 4.27. The first-order valence-corrected chi connectivity index (χ1v) is 4.27. The van der Waals surface area contributed by atoms with Crippen LogP contribution in [0.25, 0.3) is 0 Å². The molecule has 0 saturated heterocycles. The molecule has 0 aliphatic carbocycles. The minimum Gasteiger partial charge on any atom is -0.330 e. The molecule has 0 bridgehead atoms. The second-order valence-corrected chi connectivity index (χ2v) is 2.83. The van der Waals surface area contributed by atoms with Gasteiger partial charge in [0.05, 0.1) is 0 Å². The van der Waals surface area contributed by atoms with E-state index in [1.165, 1.54) is 12.8 Å². The smallest absolute Gasteiger partial charge is 0.00387 e. The molecule has 0 aromatic carbocycles. The minimum atomic E-state index is 0. The summed E-state index contributed by atoms with van der Waals surface area (Å²) in [6, 6.07) is 0.413. The van der Waals surface area contributed by atoms with Crippen LogP contribution in [-0.4, -0.2) is 12.6 Å². The van der Waals surface area contributed by atoms with Crippen molar-refractivity contribution in [2.75, 3.05) is 6.54 Å². The second kappa shape index (κ2) is 14.9. The van der Waals surface area contributed by atoms with E-state index in [1.54, 1.807) is 0 Å². The topological polar surface area (TPSA) is 52.0 Å². The van der Waals surface area contributed by atoms with Crippen molar-refractivity contribution >= 4 is 48.0 Å². The van der Waals surface area contributed by atoms with Crippen LogP contribution in [0.4, 0.5) is 0 Å². The van der Waals surface area contributed by atoms with Crippen LogP contribution < -0.4 is 11.5 Å². The van der Waals surface area contributed by atoms with Gasteiger partial charge in [-0.15, -0.1) is 48.0 Å². The average molecular weight is 400 g/mol. The summed E-state index contributed by atoms with van der Waals surface area (Å²) in [5.74, 6) is 0. The maximum absolute atomic E-state index is 5.78. The van der Waals surface area contributed by atoms with Gasteiger partial charge < -0.3 is 11.5 Å². The van der Waals surface area contributed by atoms with E-state index in [-0.39, 0.29) is 48.0 Å². The zero-order valence-corrected chi connectivity index (χ0v) is 12.5. The van der Waals surface area contributed by atoms with Gasteiger partial charge in [0.1, 0.15) is 0 Å². The molecule has 0 amide bonds. The normalized spacial score (nSPS) is 11.2. The van der Waals surface area contributed by atoms with Crippen LogP contribution in [0.5, 0.6) is 0 Å². The van der Waals surface area contributed by atoms with Gasteiger partial charge in [0.15, 0.2) is 0 Å². The van der Waals surface area contributed by atoms with Gasteiger partial charge in [-0.25, -0.2) is 0 Å². The molecule has 12 heavy (non-hydrogen) atoms. The number of hydrogen-bond acceptors (Lipinski definition) is 2. The van der Waals surface area contributed by atoms with Crippen molar-refractivity contribution in [2.45, 2.75) is 45.1 Å². The molecule has 0 radical (unpaired) electrons. The fourth-order valence-corrected chi connectivity index (χ4v) is 1.07. The van der Waals surface area contributed by atoms with Gasteiger partial charge in [-0.2, -0.15) is 0 Å². The molecule has 0 heterocycles. The molecular weight excluding hydrogens is 378 g/mol. The highest BCUT2D eigenvalue weighted by atomic mass is 127. The average Bonchev–Trinajstić information content (AvgIpc) is 1.89. The van der Waals surface area contributed by atoms with E-state index in [4.69, 9.17) is 11.5 Å². The second-order valence-electron chi connectivity index (χ2n) is 2.83. The van der Waals surface area contributed by atoms with Crippen molar-refractivity contribution in [1.82, 2.24) is 0 Å². The largest absolute Gasteiger partial charge is 0.330 e. The number of nitrogens with two attached hydrogens (primary N) is 2. The molecule has 4 N–H and O–H groups in total. The Morgan fingerprint density at radius 2 is 1.67 bits per heavy atom. The van der Waals surface area contributed by atoms with Crippen LogP contribution in [0, 0.1) is 0 Å². The van der Waals surface area contributed by atoms with E-state index in [0.717, 1.165) is 25.8 Å². The van der Waals surface area contributed by atoms with Crippen molar-refractivity contribution < 1.29 is 0 Å². The summed E-state index contributed by atoms with van der Waals surface area (Å²) in [6.07, 6.45) is 5.81. The van der Waals surface area contributed by atoms with E-state index < -0.39 is 0 Å². The van der Waals surface area contributed by atoms with Gasteiger partial charge in [0.25, 0.3) is 0 Å². The predicted octanol–water partition coefficient (Wildman–Crippen LogP) is 2.48. The highest BCUT2D eigenvalue weighted by molar-refractivity contribution is 14.0. The Morgan fingerprint density at radius 1 is 1.08 bits per heavy atom. The first-order chi connectivity index (χ1) is 4.81. The maximum Gasteiger partial charge on any atom is 0.00387 e. The summed E-state index contributed by atoms with van der Waals surface area (Å²) in [5, 5.41) is 0. The molecule has 78 valence electrons. The Labute approximate surface area is 110 Å². The molecule has 1 unspecified atom stereocenters. The molecule has 0 aliphatic rings. The van der Waals surface area contributed by atoms with Crippen molar-refractivity contribution in [3.8, 4) is 0 Å². The third kappa shape index (κ3) is 13.9. The molecule has 0 fully saturated rings. The summed E-state index contributed by atoms with van der Waals surface area (Å²) in [5.41, 5.74) is 11.1. The molecule has 0 aromatic heterocycles. The Morgan fingerprint density at radius 3 is 2.08 bits per heavy atom. The van der Waals surface area contributed by atoms with Crippen LogP contribution in [0.1, 0.15) is 39.0 Å². The van der Waals surface area contributed by atoms with Gasteiger partial charge in [-0.3, -0.25) is 0 Å². The molecule has 0 saturated carbocycles. The molecule has 0 aliphatic heterocycles. The number of hydrogen-bond donors (Lipinski definition) is 2. The SMILES string of the molecule is CCCC(N)CCCCN.I.I. The summed E-state index contributed by atoms with van der Waals surface area (Å²) >= 11 is 0. The summed E-state index contributed by atoms with van der Waals surface area (Å²) in [7, 11) is 0. The Hall–Kier alpha value is 1.38. The third-order valence-electron chi connectivity index (χ3n) is 1.69. The van der Waals surface area contributed by atoms with Crippen molar-refractivity contribution in [2.24, 2.45) is 11.5 Å². The van der Waals surface area contributed by atoms with Crippen LogP contribution in [0.3, 0.4) is 0 Å². The lowest BCUT2D eigenvalue weighted by Crippen LogP contribution is -2.19. The van der Waals surface area contributed by atoms with Crippen molar-refractivity contribution in [1.29, 1.82) is 0 Å². The van der Waals surface area contributed by atoms with Gasteiger partial charge in [-0.05, 0) is 25.8 Å². The fourth-order valence-electron chi connectivity index (χ4n) is 1.07. The Balaban J connectivity index is -0.000000405. The zero-order chi connectivity index (χ0) is 7.82. The van der Waals surface area contributed by atoms with Crippen molar-refractivity contribution in [3.05, 3.63) is 0 Å². The summed E-state index contributed by atoms with van der Waals surface area (Å²) in [4.78, 5) is 0. The maximum atomic E-state index is 5.78. The summed E-state index contributed by atoms with van der Waals surface area (Å²) < 4.78 is 0. The lowest BCUT2D eigenvalue weighted by molar-refractivity contribution is 0.529. The molecule has 4 heteroatoms. The highest BCUT2D eigenvalue weighted by Crippen LogP contribution is 2.02. The standard InChI is InChI=1S/C8H20N2.2HI/c1-2-5-8(10)6-3-4-7-9;;/h8H,2-7,9-10H2,1H3;2*1H. The molecule has 0 rings (SSSR count). The van der Waals surface area contributed by atoms with Crippen LogP contribution in [0.15, 0.2) is 0 Å². The monoisotopic (exact) mass is 400 g/mol. The van der Waals surface area contributed by atoms with Crippen LogP contribution >= 0.6 is 48.0 Å². The van der Waals surface area contributed by atoms with E-state index in [2.05, 4.69) is 6.92 Å². The number of halogens is 2. The molecule has 1 atom stereocenters. The van der Waals surface area contributed by atoms with Crippen molar-refractivity contribution in [3.63, 3.8) is 0 Å². The molecule has 0 aromatic rings. The van der Waals surface area contributed by atoms with E-state index in [9.17, 15) is 0 Å². The van der Waals surface area contributed by atoms with Crippen LogP contribution in [-0.2, 0) is 0 Å². The van der Waals surface area contributed by atoms with Gasteiger partial charge in [0, 0.05) is 6.04 Å². The van der Waals surface area contributed by atoms with Crippen LogP contribution in [0.2, 0.25) is 0 Å².